The van der Waals surface area contributed by atoms with Crippen LogP contribution in [0.2, 0.25) is 0 Å². The van der Waals surface area contributed by atoms with E-state index in [1.165, 1.54) is 5.38 Å². The van der Waals surface area contributed by atoms with E-state index < -0.39 is 18.1 Å². The van der Waals surface area contributed by atoms with Crippen LogP contribution in [-0.4, -0.2) is 40.7 Å². The first-order valence-electron chi connectivity index (χ1n) is 11.4. The number of nitrogens with one attached hydrogen (secondary N) is 2. The average molecular weight is 494 g/mol. The van der Waals surface area contributed by atoms with E-state index in [-0.39, 0.29) is 36.6 Å². The summed E-state index contributed by atoms with van der Waals surface area (Å²) in [6, 6.07) is 15.4. The van der Waals surface area contributed by atoms with Crippen LogP contribution >= 0.6 is 11.3 Å². The lowest BCUT2D eigenvalue weighted by Crippen LogP contribution is -2.47. The lowest BCUT2D eigenvalue weighted by Gasteiger charge is -2.21. The second-order valence-corrected chi connectivity index (χ2v) is 9.74. The lowest BCUT2D eigenvalue weighted by atomic mass is 9.98. The highest BCUT2D eigenvalue weighted by Gasteiger charge is 2.30. The molecule has 0 saturated carbocycles. The summed E-state index contributed by atoms with van der Waals surface area (Å²) in [7, 11) is 0. The summed E-state index contributed by atoms with van der Waals surface area (Å²) < 4.78 is 5.59. The zero-order valence-electron chi connectivity index (χ0n) is 19.5. The van der Waals surface area contributed by atoms with Crippen molar-refractivity contribution in [1.82, 2.24) is 15.6 Å². The molecule has 1 aliphatic carbocycles. The van der Waals surface area contributed by atoms with E-state index in [1.54, 1.807) is 0 Å². The number of benzene rings is 2. The van der Waals surface area contributed by atoms with E-state index in [1.807, 2.05) is 50.2 Å². The van der Waals surface area contributed by atoms with Crippen LogP contribution in [0.3, 0.4) is 0 Å². The number of nitrogens with zero attached hydrogens (tertiary/aromatic N) is 1. The van der Waals surface area contributed by atoms with Gasteiger partial charge >= 0.3 is 12.1 Å². The second-order valence-electron chi connectivity index (χ2n) is 8.80. The van der Waals surface area contributed by atoms with Gasteiger partial charge in [0.05, 0.1) is 6.54 Å². The van der Waals surface area contributed by atoms with Gasteiger partial charge in [-0.05, 0) is 34.6 Å². The number of amides is 2. The zero-order valence-corrected chi connectivity index (χ0v) is 20.3. The van der Waals surface area contributed by atoms with E-state index in [4.69, 9.17) is 9.84 Å². The number of hydrogen-bond acceptors (Lipinski definition) is 6. The molecule has 0 bridgehead atoms. The van der Waals surface area contributed by atoms with Crippen LogP contribution in [0.5, 0.6) is 0 Å². The summed E-state index contributed by atoms with van der Waals surface area (Å²) in [6.45, 7) is 4.16. The summed E-state index contributed by atoms with van der Waals surface area (Å²) in [5.74, 6) is -1.41. The van der Waals surface area contributed by atoms with Crippen LogP contribution < -0.4 is 10.6 Å². The fourth-order valence-electron chi connectivity index (χ4n) is 4.26. The molecule has 0 radical (unpaired) electrons. The third-order valence-electron chi connectivity index (χ3n) is 5.84. The predicted molar refractivity (Wildman–Crippen MR) is 132 cm³/mol. The second kappa shape index (κ2) is 10.7. The van der Waals surface area contributed by atoms with Gasteiger partial charge in [0.25, 0.3) is 0 Å². The minimum absolute atomic E-state index is 0.0604. The number of ether oxygens (including phenoxy) is 1. The molecule has 182 valence electrons. The summed E-state index contributed by atoms with van der Waals surface area (Å²) >= 11 is 1.15. The van der Waals surface area contributed by atoms with Crippen molar-refractivity contribution in [3.8, 4) is 11.1 Å². The molecule has 1 aliphatic rings. The minimum atomic E-state index is -1.12. The highest BCUT2D eigenvalue weighted by Crippen LogP contribution is 2.44. The highest BCUT2D eigenvalue weighted by atomic mass is 32.1. The van der Waals surface area contributed by atoms with Gasteiger partial charge in [-0.15, -0.1) is 11.3 Å². The molecule has 1 heterocycles. The van der Waals surface area contributed by atoms with Crippen LogP contribution in [0.15, 0.2) is 53.9 Å². The van der Waals surface area contributed by atoms with Gasteiger partial charge in [0.2, 0.25) is 5.91 Å². The summed E-state index contributed by atoms with van der Waals surface area (Å²) in [4.78, 5) is 40.4. The van der Waals surface area contributed by atoms with Crippen molar-refractivity contribution in [2.45, 2.75) is 38.8 Å². The number of aromatic carboxylic acids is 1. The Kier molecular flexibility index (Phi) is 7.45. The van der Waals surface area contributed by atoms with Crippen LogP contribution in [0.25, 0.3) is 11.1 Å². The fraction of sp³-hybridized carbons (Fsp3) is 0.308. The molecule has 0 saturated heterocycles. The number of alkyl carbamates (subject to hydrolysis) is 1. The van der Waals surface area contributed by atoms with Crippen molar-refractivity contribution in [1.29, 1.82) is 0 Å². The summed E-state index contributed by atoms with van der Waals surface area (Å²) in [5, 5.41) is 16.3. The number of hydrogen-bond donors (Lipinski definition) is 3. The number of fused-ring (bicyclic) bond motifs is 3. The molecule has 1 atom stereocenters. The van der Waals surface area contributed by atoms with Gasteiger partial charge in [-0.3, -0.25) is 4.79 Å². The Morgan fingerprint density at radius 1 is 1.06 bits per heavy atom. The molecule has 0 spiro atoms. The molecule has 1 aromatic heterocycles. The molecule has 0 fully saturated rings. The maximum atomic E-state index is 12.8. The predicted octanol–water partition coefficient (Wildman–Crippen LogP) is 4.41. The SMILES string of the molecule is CC(C)C[C@H](NC(=O)OCC1c2ccccc2-c2ccccc21)C(=O)NCc1nc(C(=O)O)cs1. The highest BCUT2D eigenvalue weighted by molar-refractivity contribution is 7.09. The van der Waals surface area contributed by atoms with Crippen LogP contribution in [0, 0.1) is 5.92 Å². The van der Waals surface area contributed by atoms with Crippen molar-refractivity contribution in [3.05, 3.63) is 75.7 Å². The number of carboxylic acid groups (broad SMARTS) is 1. The molecule has 3 aromatic rings. The van der Waals surface area contributed by atoms with Gasteiger partial charge in [-0.1, -0.05) is 62.4 Å². The molecule has 2 aromatic carbocycles. The van der Waals surface area contributed by atoms with Crippen molar-refractivity contribution in [2.24, 2.45) is 5.92 Å². The maximum absolute atomic E-state index is 12.8. The summed E-state index contributed by atoms with van der Waals surface area (Å²) in [6.07, 6.45) is -0.232. The number of carboxylic acids is 1. The first-order valence-corrected chi connectivity index (χ1v) is 12.3. The Hall–Kier alpha value is -3.72. The van der Waals surface area contributed by atoms with Crippen LogP contribution in [0.4, 0.5) is 4.79 Å². The molecule has 35 heavy (non-hydrogen) atoms. The average Bonchev–Trinajstić information content (AvgIpc) is 3.44. The third-order valence-corrected chi connectivity index (χ3v) is 6.69. The van der Waals surface area contributed by atoms with Gasteiger partial charge in [0, 0.05) is 11.3 Å². The molecule has 0 aliphatic heterocycles. The molecule has 2 amide bonds. The van der Waals surface area contributed by atoms with E-state index in [0.29, 0.717) is 11.4 Å². The van der Waals surface area contributed by atoms with Crippen LogP contribution in [-0.2, 0) is 16.1 Å². The fourth-order valence-corrected chi connectivity index (χ4v) is 4.97. The Bertz CT molecular complexity index is 1190. The molecule has 8 nitrogen and oxygen atoms in total. The van der Waals surface area contributed by atoms with Gasteiger partial charge in [0.15, 0.2) is 5.69 Å². The molecule has 4 rings (SSSR count). The number of carbonyl (C=O) groups excluding carboxylic acids is 2. The number of rotatable bonds is 9. The molecular formula is C26H27N3O5S. The van der Waals surface area contributed by atoms with E-state index in [9.17, 15) is 14.4 Å². The normalized spacial score (nSPS) is 13.1. The van der Waals surface area contributed by atoms with Gasteiger partial charge in [0.1, 0.15) is 17.7 Å². The number of carbonyl (C=O) groups is 3. The largest absolute Gasteiger partial charge is 0.476 e. The number of aromatic nitrogens is 1. The monoisotopic (exact) mass is 493 g/mol. The van der Waals surface area contributed by atoms with Gasteiger partial charge in [-0.25, -0.2) is 14.6 Å². The maximum Gasteiger partial charge on any atom is 0.407 e. The Morgan fingerprint density at radius 3 is 2.26 bits per heavy atom. The first-order chi connectivity index (χ1) is 16.8. The quantitative estimate of drug-likeness (QED) is 0.406. The minimum Gasteiger partial charge on any atom is -0.476 e. The van der Waals surface area contributed by atoms with Crippen LogP contribution in [0.1, 0.15) is 52.8 Å². The van der Waals surface area contributed by atoms with Crippen molar-refractivity contribution in [3.63, 3.8) is 0 Å². The third kappa shape index (κ3) is 5.68. The Morgan fingerprint density at radius 2 is 1.69 bits per heavy atom. The van der Waals surface area contributed by atoms with E-state index in [0.717, 1.165) is 33.6 Å². The lowest BCUT2D eigenvalue weighted by molar-refractivity contribution is -0.123. The smallest absolute Gasteiger partial charge is 0.407 e. The first kappa shape index (κ1) is 24.4. The van der Waals surface area contributed by atoms with E-state index >= 15 is 0 Å². The zero-order chi connectivity index (χ0) is 24.9. The molecule has 9 heteroatoms. The van der Waals surface area contributed by atoms with Crippen molar-refractivity contribution < 1.29 is 24.2 Å². The Balaban J connectivity index is 1.37. The molecule has 3 N–H and O–H groups in total. The Labute approximate surface area is 207 Å². The molecular weight excluding hydrogens is 466 g/mol. The van der Waals surface area contributed by atoms with Gasteiger partial charge in [-0.2, -0.15) is 0 Å². The summed E-state index contributed by atoms with van der Waals surface area (Å²) in [5.41, 5.74) is 4.45. The van der Waals surface area contributed by atoms with Gasteiger partial charge < -0.3 is 20.5 Å². The van der Waals surface area contributed by atoms with Crippen molar-refractivity contribution in [2.75, 3.05) is 6.61 Å². The van der Waals surface area contributed by atoms with E-state index in [2.05, 4.69) is 27.8 Å². The van der Waals surface area contributed by atoms with Crippen molar-refractivity contribution >= 4 is 29.3 Å². The number of thiazole rings is 1. The molecule has 0 unspecified atom stereocenters. The standard InChI is InChI=1S/C26H27N3O5S/c1-15(2)11-21(24(30)27-12-23-28-22(14-35-23)25(31)32)29-26(33)34-13-20-18-9-5-3-7-16(18)17-8-4-6-10-19(17)20/h3-10,14-15,20-21H,11-13H2,1-2H3,(H,27,30)(H,29,33)(H,31,32)/t21-/m0/s1. The topological polar surface area (TPSA) is 118 Å².